The van der Waals surface area contributed by atoms with Crippen LogP contribution in [0.2, 0.25) is 0 Å². The van der Waals surface area contributed by atoms with Crippen LogP contribution in [0.1, 0.15) is 11.1 Å². The van der Waals surface area contributed by atoms with Crippen LogP contribution in [0.25, 0.3) is 11.1 Å². The molecular formula is C24H21NO6. The van der Waals surface area contributed by atoms with Gasteiger partial charge in [0.1, 0.15) is 0 Å². The first-order valence-electron chi connectivity index (χ1n) is 10.1. The number of para-hydroxylation sites is 1. The quantitative estimate of drug-likeness (QED) is 0.626. The van der Waals surface area contributed by atoms with Crippen molar-refractivity contribution in [1.82, 2.24) is 0 Å². The van der Waals surface area contributed by atoms with Crippen LogP contribution in [0.3, 0.4) is 0 Å². The highest BCUT2D eigenvalue weighted by Gasteiger charge is 2.36. The molecule has 7 heteroatoms. The second-order valence-corrected chi connectivity index (χ2v) is 7.55. The largest absolute Gasteiger partial charge is 0.493 e. The van der Waals surface area contributed by atoms with E-state index in [1.54, 1.807) is 14.2 Å². The van der Waals surface area contributed by atoms with E-state index >= 15 is 0 Å². The van der Waals surface area contributed by atoms with Crippen LogP contribution < -0.4 is 33.3 Å². The van der Waals surface area contributed by atoms with Crippen molar-refractivity contribution in [3.05, 3.63) is 53.6 Å². The fourth-order valence-electron chi connectivity index (χ4n) is 4.57. The molecule has 3 aliphatic heterocycles. The highest BCUT2D eigenvalue weighted by atomic mass is 16.7. The molecular weight excluding hydrogens is 398 g/mol. The molecule has 0 N–H and O–H groups in total. The van der Waals surface area contributed by atoms with Gasteiger partial charge in [-0.3, -0.25) is 0 Å². The highest BCUT2D eigenvalue weighted by molar-refractivity contribution is 5.89. The molecule has 6 rings (SSSR count). The van der Waals surface area contributed by atoms with Crippen molar-refractivity contribution in [2.24, 2.45) is 0 Å². The minimum Gasteiger partial charge on any atom is -0.493 e. The standard InChI is InChI=1S/C24H21NO6/c1-26-17-8-14-10-25(16-6-4-3-5-7-16)11-15-9-18(27-2)22-24(31-13-29-22)20(15)19(14)23-21(17)28-12-30-23/h3-9H,10-13H2,1-2H3. The molecule has 7 nitrogen and oxygen atoms in total. The molecule has 0 aliphatic carbocycles. The predicted octanol–water partition coefficient (Wildman–Crippen LogP) is 4.35. The van der Waals surface area contributed by atoms with E-state index in [0.717, 1.165) is 27.9 Å². The number of fused-ring (bicyclic) bond motifs is 7. The van der Waals surface area contributed by atoms with Crippen molar-refractivity contribution >= 4 is 5.69 Å². The Hall–Kier alpha value is -3.74. The summed E-state index contributed by atoms with van der Waals surface area (Å²) in [5.74, 6) is 3.89. The molecule has 0 atom stereocenters. The number of nitrogens with zero attached hydrogens (tertiary/aromatic N) is 1. The van der Waals surface area contributed by atoms with Crippen LogP contribution in [0.4, 0.5) is 5.69 Å². The molecule has 158 valence electrons. The lowest BCUT2D eigenvalue weighted by Gasteiger charge is -2.24. The number of ether oxygens (including phenoxy) is 6. The van der Waals surface area contributed by atoms with Gasteiger partial charge in [-0.25, -0.2) is 0 Å². The molecule has 0 aromatic heterocycles. The molecule has 3 aromatic rings. The van der Waals surface area contributed by atoms with Crippen molar-refractivity contribution in [1.29, 1.82) is 0 Å². The Balaban J connectivity index is 1.66. The third-order valence-electron chi connectivity index (χ3n) is 5.91. The van der Waals surface area contributed by atoms with Crippen LogP contribution in [-0.4, -0.2) is 27.8 Å². The molecule has 0 spiro atoms. The fourth-order valence-corrected chi connectivity index (χ4v) is 4.57. The maximum absolute atomic E-state index is 5.96. The Kier molecular flexibility index (Phi) is 4.02. The van der Waals surface area contributed by atoms with E-state index in [0.29, 0.717) is 47.6 Å². The summed E-state index contributed by atoms with van der Waals surface area (Å²) in [6.07, 6.45) is 0. The Labute approximate surface area is 179 Å². The maximum atomic E-state index is 5.96. The minimum atomic E-state index is 0.148. The number of rotatable bonds is 3. The van der Waals surface area contributed by atoms with Gasteiger partial charge in [0.15, 0.2) is 23.0 Å². The lowest BCUT2D eigenvalue weighted by Crippen LogP contribution is -2.20. The molecule has 3 aromatic carbocycles. The summed E-state index contributed by atoms with van der Waals surface area (Å²) in [5, 5.41) is 0. The number of hydrogen-bond acceptors (Lipinski definition) is 7. The molecule has 0 radical (unpaired) electrons. The summed E-state index contributed by atoms with van der Waals surface area (Å²) in [7, 11) is 3.28. The van der Waals surface area contributed by atoms with Crippen LogP contribution in [0.15, 0.2) is 42.5 Å². The number of hydrogen-bond donors (Lipinski definition) is 0. The lowest BCUT2D eigenvalue weighted by atomic mass is 9.93. The third-order valence-corrected chi connectivity index (χ3v) is 5.91. The van der Waals surface area contributed by atoms with Gasteiger partial charge in [0.2, 0.25) is 25.1 Å². The van der Waals surface area contributed by atoms with E-state index in [4.69, 9.17) is 28.4 Å². The van der Waals surface area contributed by atoms with Crippen molar-refractivity contribution in [3.8, 4) is 45.6 Å². The van der Waals surface area contributed by atoms with Crippen molar-refractivity contribution in [2.45, 2.75) is 13.1 Å². The smallest absolute Gasteiger partial charge is 0.231 e. The molecule has 0 saturated heterocycles. The predicted molar refractivity (Wildman–Crippen MR) is 114 cm³/mol. The van der Waals surface area contributed by atoms with E-state index < -0.39 is 0 Å². The van der Waals surface area contributed by atoms with Crippen molar-refractivity contribution in [2.75, 3.05) is 32.7 Å². The number of methoxy groups -OCH3 is 2. The zero-order valence-corrected chi connectivity index (χ0v) is 17.3. The van der Waals surface area contributed by atoms with Crippen LogP contribution >= 0.6 is 0 Å². The van der Waals surface area contributed by atoms with Crippen molar-refractivity contribution < 1.29 is 28.4 Å². The summed E-state index contributed by atoms with van der Waals surface area (Å²) in [6.45, 7) is 1.63. The number of anilines is 1. The van der Waals surface area contributed by atoms with Gasteiger partial charge in [0, 0.05) is 29.9 Å². The fraction of sp³-hybridized carbons (Fsp3) is 0.250. The first kappa shape index (κ1) is 18.1. The summed E-state index contributed by atoms with van der Waals surface area (Å²) in [6, 6.07) is 14.4. The van der Waals surface area contributed by atoms with E-state index in [9.17, 15) is 0 Å². The van der Waals surface area contributed by atoms with Gasteiger partial charge in [-0.05, 0) is 35.4 Å². The average molecular weight is 419 g/mol. The molecule has 31 heavy (non-hydrogen) atoms. The molecule has 3 aliphatic rings. The Morgan fingerprint density at radius 1 is 0.677 bits per heavy atom. The van der Waals surface area contributed by atoms with Gasteiger partial charge in [0.05, 0.1) is 14.2 Å². The molecule has 0 unspecified atom stereocenters. The molecule has 3 heterocycles. The molecule has 0 saturated carbocycles. The molecule has 0 fully saturated rings. The average Bonchev–Trinajstić information content (AvgIpc) is 3.46. The molecule has 0 amide bonds. The van der Waals surface area contributed by atoms with E-state index in [1.165, 1.54) is 0 Å². The van der Waals surface area contributed by atoms with E-state index in [1.807, 2.05) is 30.3 Å². The van der Waals surface area contributed by atoms with Gasteiger partial charge in [-0.2, -0.15) is 0 Å². The molecule has 0 bridgehead atoms. The number of benzene rings is 3. The second kappa shape index (κ2) is 6.91. The van der Waals surface area contributed by atoms with Gasteiger partial charge in [-0.15, -0.1) is 0 Å². The van der Waals surface area contributed by atoms with E-state index in [2.05, 4.69) is 17.0 Å². The highest BCUT2D eigenvalue weighted by Crippen LogP contribution is 2.57. The SMILES string of the molecule is COc1cc2c(c3c1OCO3)-c1c(cc(OC)c3c1OCO3)CN(c1ccccc1)C2. The summed E-state index contributed by atoms with van der Waals surface area (Å²) in [5.41, 5.74) is 5.14. The first-order valence-corrected chi connectivity index (χ1v) is 10.1. The summed E-state index contributed by atoms with van der Waals surface area (Å²) < 4.78 is 34.7. The van der Waals surface area contributed by atoms with E-state index in [-0.39, 0.29) is 13.6 Å². The van der Waals surface area contributed by atoms with Crippen LogP contribution in [0.5, 0.6) is 34.5 Å². The van der Waals surface area contributed by atoms with Gasteiger partial charge >= 0.3 is 0 Å². The Morgan fingerprint density at radius 2 is 1.16 bits per heavy atom. The Morgan fingerprint density at radius 3 is 1.65 bits per heavy atom. The second-order valence-electron chi connectivity index (χ2n) is 7.55. The normalized spacial score (nSPS) is 15.2. The van der Waals surface area contributed by atoms with Crippen molar-refractivity contribution in [3.63, 3.8) is 0 Å². The Bertz CT molecular complexity index is 1100. The zero-order valence-electron chi connectivity index (χ0n) is 17.3. The third kappa shape index (κ3) is 2.66. The van der Waals surface area contributed by atoms with Gasteiger partial charge in [0.25, 0.3) is 0 Å². The van der Waals surface area contributed by atoms with Gasteiger partial charge in [-0.1, -0.05) is 18.2 Å². The lowest BCUT2D eigenvalue weighted by molar-refractivity contribution is 0.170. The maximum Gasteiger partial charge on any atom is 0.231 e. The summed E-state index contributed by atoms with van der Waals surface area (Å²) in [4.78, 5) is 2.31. The first-order chi connectivity index (χ1) is 15.3. The minimum absolute atomic E-state index is 0.148. The van der Waals surface area contributed by atoms with Crippen LogP contribution in [0, 0.1) is 0 Å². The van der Waals surface area contributed by atoms with Crippen LogP contribution in [-0.2, 0) is 13.1 Å². The monoisotopic (exact) mass is 419 g/mol. The van der Waals surface area contributed by atoms with Gasteiger partial charge < -0.3 is 33.3 Å². The zero-order chi connectivity index (χ0) is 20.9. The summed E-state index contributed by atoms with van der Waals surface area (Å²) >= 11 is 0. The topological polar surface area (TPSA) is 58.6 Å².